The topological polar surface area (TPSA) is 0 Å². The maximum atomic E-state index is 7.28. The fourth-order valence-electron chi connectivity index (χ4n) is 2.65. The summed E-state index contributed by atoms with van der Waals surface area (Å²) in [5.74, 6) is 0. The first-order chi connectivity index (χ1) is 8.82. The summed E-state index contributed by atoms with van der Waals surface area (Å²) >= 11 is -3.22. The summed E-state index contributed by atoms with van der Waals surface area (Å²) in [5, 5.41) is 0. The fourth-order valence-corrected chi connectivity index (χ4v) is 17.7. The zero-order chi connectivity index (χ0) is 12.4. The van der Waals surface area contributed by atoms with Crippen molar-refractivity contribution >= 4 is 11.9 Å². The molecule has 90 valence electrons. The molecule has 0 atom stereocenters. The van der Waals surface area contributed by atoms with Crippen molar-refractivity contribution in [2.45, 2.75) is 12.8 Å². The monoisotopic (exact) mass is 422 g/mol. The molecule has 0 spiro atoms. The van der Waals surface area contributed by atoms with Crippen molar-refractivity contribution in [3.05, 3.63) is 73.4 Å². The zero-order valence-corrected chi connectivity index (χ0v) is 14.5. The predicted octanol–water partition coefficient (Wildman–Crippen LogP) is 4.31. The van der Waals surface area contributed by atoms with Crippen LogP contribution in [0.1, 0.15) is 12.8 Å². The molecule has 0 nitrogen and oxygen atoms in total. The molecule has 0 amide bonds. The average molecular weight is 421 g/mol. The van der Waals surface area contributed by atoms with Crippen molar-refractivity contribution < 1.29 is 18.8 Å². The number of allylic oxidation sites excluding steroid dienone is 8. The van der Waals surface area contributed by atoms with Gasteiger partial charge in [0.25, 0.3) is 0 Å². The molecule has 2 heteroatoms. The third kappa shape index (κ3) is 2.04. The van der Waals surface area contributed by atoms with Crippen LogP contribution in [0.15, 0.2) is 73.4 Å². The molecule has 0 aromatic heterocycles. The maximum absolute atomic E-state index is 7.28. The molecule has 0 N–H and O–H groups in total. The van der Waals surface area contributed by atoms with Crippen LogP contribution in [-0.4, -0.2) is 0 Å². The van der Waals surface area contributed by atoms with Gasteiger partial charge >= 0.3 is 117 Å². The van der Waals surface area contributed by atoms with Gasteiger partial charge in [-0.3, -0.25) is 0 Å². The van der Waals surface area contributed by atoms with Gasteiger partial charge in [-0.1, -0.05) is 0 Å². The minimum absolute atomic E-state index is 1.04. The van der Waals surface area contributed by atoms with E-state index < -0.39 is 18.8 Å². The van der Waals surface area contributed by atoms with Gasteiger partial charge < -0.3 is 0 Å². The number of hydrogen-bond acceptors (Lipinski definition) is 0. The predicted molar refractivity (Wildman–Crippen MR) is 75.6 cm³/mol. The Labute approximate surface area is 116 Å². The van der Waals surface area contributed by atoms with Gasteiger partial charge in [-0.2, -0.15) is 0 Å². The summed E-state index contributed by atoms with van der Waals surface area (Å²) < 4.78 is 4.37. The first kappa shape index (κ1) is 12.4. The summed E-state index contributed by atoms with van der Waals surface area (Å²) in [6.45, 7) is 0. The van der Waals surface area contributed by atoms with Gasteiger partial charge in [-0.25, -0.2) is 0 Å². The standard InChI is InChI=1S/C6H5.2C5H5.ClH.Hf/c1-2-4-6-5-3-1;2*1-2-4-5-3-1;;/h1-5H;2*1-3H,4H2;1H;/q;;;;+1/p-1. The molecule has 0 saturated carbocycles. The molecule has 2 aliphatic carbocycles. The Hall–Kier alpha value is -0.660. The third-order valence-corrected chi connectivity index (χ3v) is 22.4. The van der Waals surface area contributed by atoms with Crippen LogP contribution >= 0.6 is 8.58 Å². The second-order valence-electron chi connectivity index (χ2n) is 4.67. The van der Waals surface area contributed by atoms with Gasteiger partial charge in [0.05, 0.1) is 0 Å². The van der Waals surface area contributed by atoms with Crippen LogP contribution in [0.4, 0.5) is 0 Å². The van der Waals surface area contributed by atoms with Gasteiger partial charge in [0.15, 0.2) is 0 Å². The Kier molecular flexibility index (Phi) is 3.54. The molecule has 0 saturated heterocycles. The van der Waals surface area contributed by atoms with E-state index in [1.165, 1.54) is 9.98 Å². The van der Waals surface area contributed by atoms with Crippen LogP contribution in [0.5, 0.6) is 0 Å². The van der Waals surface area contributed by atoms with Gasteiger partial charge in [0.2, 0.25) is 0 Å². The van der Waals surface area contributed by atoms with Crippen molar-refractivity contribution in [3.63, 3.8) is 0 Å². The number of hydrogen-bond donors (Lipinski definition) is 0. The van der Waals surface area contributed by atoms with Crippen LogP contribution in [0.2, 0.25) is 0 Å². The molecule has 0 unspecified atom stereocenters. The molecule has 2 aliphatic rings. The molecule has 0 heterocycles. The van der Waals surface area contributed by atoms with Crippen molar-refractivity contribution in [3.8, 4) is 0 Å². The Morgan fingerprint density at radius 1 is 0.833 bits per heavy atom. The van der Waals surface area contributed by atoms with E-state index in [4.69, 9.17) is 8.58 Å². The summed E-state index contributed by atoms with van der Waals surface area (Å²) in [4.78, 5) is 0. The molecule has 0 aliphatic heterocycles. The van der Waals surface area contributed by atoms with Crippen molar-refractivity contribution in [1.29, 1.82) is 0 Å². The number of benzene rings is 1. The quantitative estimate of drug-likeness (QED) is 0.639. The van der Waals surface area contributed by atoms with Crippen LogP contribution in [-0.2, 0) is 18.8 Å². The van der Waals surface area contributed by atoms with E-state index in [2.05, 4.69) is 66.8 Å². The summed E-state index contributed by atoms with van der Waals surface area (Å²) in [6, 6.07) is 10.7. The van der Waals surface area contributed by atoms with E-state index in [0.29, 0.717) is 0 Å². The normalized spacial score (nSPS) is 18.1. The molecule has 18 heavy (non-hydrogen) atoms. The van der Waals surface area contributed by atoms with Crippen LogP contribution in [0, 0.1) is 0 Å². The Bertz CT molecular complexity index is 534. The molecule has 0 fully saturated rings. The zero-order valence-electron chi connectivity index (χ0n) is 10.1. The van der Waals surface area contributed by atoms with Crippen molar-refractivity contribution in [2.75, 3.05) is 0 Å². The Morgan fingerprint density at radius 3 is 1.83 bits per heavy atom. The summed E-state index contributed by atoms with van der Waals surface area (Å²) in [7, 11) is 7.28. The van der Waals surface area contributed by atoms with E-state index in [1.807, 2.05) is 0 Å². The van der Waals surface area contributed by atoms with Gasteiger partial charge in [-0.15, -0.1) is 0 Å². The van der Waals surface area contributed by atoms with E-state index in [-0.39, 0.29) is 0 Å². The first-order valence-electron chi connectivity index (χ1n) is 6.28. The third-order valence-electron chi connectivity index (χ3n) is 3.60. The molecular weight excluding hydrogens is 406 g/mol. The molecule has 0 bridgehead atoms. The van der Waals surface area contributed by atoms with Gasteiger partial charge in [-0.05, 0) is 0 Å². The molecular formula is C16H15ClHf. The SMILES string of the molecule is [Cl][Hf]([C]1=CC=CC1)([C]1=CC=CC1)[c]1ccccc1. The van der Waals surface area contributed by atoms with Gasteiger partial charge in [0, 0.05) is 0 Å². The van der Waals surface area contributed by atoms with Gasteiger partial charge in [0.1, 0.15) is 0 Å². The molecule has 3 rings (SSSR count). The summed E-state index contributed by atoms with van der Waals surface area (Å²) in [5.41, 5.74) is 0. The van der Waals surface area contributed by atoms with E-state index in [1.54, 1.807) is 0 Å². The van der Waals surface area contributed by atoms with Crippen LogP contribution in [0.25, 0.3) is 0 Å². The van der Waals surface area contributed by atoms with Crippen molar-refractivity contribution in [2.24, 2.45) is 0 Å². The molecule has 0 radical (unpaired) electrons. The fraction of sp³-hybridized carbons (Fsp3) is 0.125. The Balaban J connectivity index is 2.09. The van der Waals surface area contributed by atoms with Crippen molar-refractivity contribution in [1.82, 2.24) is 0 Å². The summed E-state index contributed by atoms with van der Waals surface area (Å²) in [6.07, 6.45) is 15.3. The van der Waals surface area contributed by atoms with E-state index in [9.17, 15) is 0 Å². The van der Waals surface area contributed by atoms with E-state index >= 15 is 0 Å². The average Bonchev–Trinajstić information content (AvgIpc) is 3.12. The van der Waals surface area contributed by atoms with Crippen LogP contribution < -0.4 is 3.32 Å². The number of halogens is 1. The second-order valence-corrected chi connectivity index (χ2v) is 20.7. The molecule has 1 aromatic carbocycles. The Morgan fingerprint density at radius 2 is 1.39 bits per heavy atom. The van der Waals surface area contributed by atoms with E-state index in [0.717, 1.165) is 12.8 Å². The molecule has 1 aromatic rings. The second kappa shape index (κ2) is 5.14. The minimum atomic E-state index is -3.22. The van der Waals surface area contributed by atoms with Crippen LogP contribution in [0.3, 0.4) is 0 Å². The first-order valence-corrected chi connectivity index (χ1v) is 16.1. The number of rotatable bonds is 3.